The summed E-state index contributed by atoms with van der Waals surface area (Å²) in [7, 11) is 0. The Balaban J connectivity index is 1.96. The van der Waals surface area contributed by atoms with Crippen LogP contribution in [0.4, 0.5) is 5.95 Å². The molecular formula is C16H22N4O. The molecule has 1 aliphatic rings. The van der Waals surface area contributed by atoms with Crippen LogP contribution in [0, 0.1) is 6.92 Å². The van der Waals surface area contributed by atoms with E-state index in [1.807, 2.05) is 32.0 Å². The number of benzene rings is 1. The van der Waals surface area contributed by atoms with Gasteiger partial charge in [0.1, 0.15) is 5.75 Å². The Bertz CT molecular complexity index is 621. The summed E-state index contributed by atoms with van der Waals surface area (Å²) in [5.41, 5.74) is 1.99. The summed E-state index contributed by atoms with van der Waals surface area (Å²) in [6.45, 7) is 8.73. The Labute approximate surface area is 125 Å². The molecule has 5 nitrogen and oxygen atoms in total. The molecule has 0 amide bonds. The second kappa shape index (κ2) is 6.26. The molecule has 3 rings (SSSR count). The van der Waals surface area contributed by atoms with Crippen LogP contribution in [0.15, 0.2) is 18.2 Å². The van der Waals surface area contributed by atoms with Gasteiger partial charge in [-0.2, -0.15) is 0 Å². The molecule has 0 bridgehead atoms. The molecule has 1 aliphatic heterocycles. The molecule has 1 aromatic heterocycles. The summed E-state index contributed by atoms with van der Waals surface area (Å²) in [6, 6.07) is 6.03. The van der Waals surface area contributed by atoms with E-state index in [0.29, 0.717) is 6.61 Å². The van der Waals surface area contributed by atoms with Gasteiger partial charge in [-0.25, -0.2) is 9.97 Å². The third-order valence-corrected chi connectivity index (χ3v) is 3.78. The maximum Gasteiger partial charge on any atom is 0.226 e. The maximum absolute atomic E-state index is 5.56. The van der Waals surface area contributed by atoms with Crippen LogP contribution in [0.25, 0.3) is 10.9 Å². The molecule has 0 aliphatic carbocycles. The van der Waals surface area contributed by atoms with E-state index in [1.54, 1.807) is 0 Å². The van der Waals surface area contributed by atoms with Crippen LogP contribution in [0.3, 0.4) is 0 Å². The zero-order chi connectivity index (χ0) is 14.7. The number of hydrogen-bond acceptors (Lipinski definition) is 5. The molecule has 0 atom stereocenters. The highest BCUT2D eigenvalue weighted by Gasteiger charge is 2.14. The molecule has 2 heterocycles. The van der Waals surface area contributed by atoms with Gasteiger partial charge in [0.15, 0.2) is 0 Å². The van der Waals surface area contributed by atoms with Gasteiger partial charge in [-0.15, -0.1) is 0 Å². The Kier molecular flexibility index (Phi) is 4.20. The normalized spacial score (nSPS) is 16.0. The van der Waals surface area contributed by atoms with Gasteiger partial charge >= 0.3 is 0 Å². The number of fused-ring (bicyclic) bond motifs is 1. The molecule has 0 spiro atoms. The Morgan fingerprint density at radius 3 is 3.00 bits per heavy atom. The number of aromatic nitrogens is 2. The van der Waals surface area contributed by atoms with Crippen molar-refractivity contribution < 1.29 is 4.74 Å². The summed E-state index contributed by atoms with van der Waals surface area (Å²) in [5, 5.41) is 4.47. The lowest BCUT2D eigenvalue weighted by Gasteiger charge is -2.20. The first-order valence-electron chi connectivity index (χ1n) is 7.65. The van der Waals surface area contributed by atoms with Crippen LogP contribution in [0.2, 0.25) is 0 Å². The lowest BCUT2D eigenvalue weighted by Crippen LogP contribution is -2.29. The van der Waals surface area contributed by atoms with Gasteiger partial charge in [0, 0.05) is 25.0 Å². The van der Waals surface area contributed by atoms with Crippen molar-refractivity contribution in [3.8, 4) is 5.75 Å². The fourth-order valence-electron chi connectivity index (χ4n) is 2.69. The van der Waals surface area contributed by atoms with E-state index in [-0.39, 0.29) is 0 Å². The van der Waals surface area contributed by atoms with Crippen molar-refractivity contribution in [2.45, 2.75) is 20.3 Å². The minimum atomic E-state index is 0.671. The van der Waals surface area contributed by atoms with E-state index in [0.717, 1.165) is 60.9 Å². The zero-order valence-corrected chi connectivity index (χ0v) is 12.7. The first-order chi connectivity index (χ1) is 10.3. The second-order valence-corrected chi connectivity index (χ2v) is 5.31. The number of rotatable bonds is 3. The molecule has 1 saturated heterocycles. The molecule has 1 fully saturated rings. The number of aryl methyl sites for hydroxylation is 1. The number of ether oxygens (including phenoxy) is 1. The third-order valence-electron chi connectivity index (χ3n) is 3.78. The monoisotopic (exact) mass is 286 g/mol. The lowest BCUT2D eigenvalue weighted by molar-refractivity contribution is 0.340. The highest BCUT2D eigenvalue weighted by Crippen LogP contribution is 2.24. The summed E-state index contributed by atoms with van der Waals surface area (Å²) < 4.78 is 5.56. The molecule has 5 heteroatoms. The second-order valence-electron chi connectivity index (χ2n) is 5.31. The number of hydrogen-bond donors (Lipinski definition) is 1. The first kappa shape index (κ1) is 14.1. The molecule has 1 aromatic carbocycles. The van der Waals surface area contributed by atoms with Gasteiger partial charge in [0.2, 0.25) is 5.95 Å². The highest BCUT2D eigenvalue weighted by atomic mass is 16.5. The van der Waals surface area contributed by atoms with Crippen molar-refractivity contribution in [1.29, 1.82) is 0 Å². The molecular weight excluding hydrogens is 264 g/mol. The average Bonchev–Trinajstić information content (AvgIpc) is 2.77. The van der Waals surface area contributed by atoms with Crippen molar-refractivity contribution in [2.24, 2.45) is 0 Å². The predicted octanol–water partition coefficient (Wildman–Crippen LogP) is 2.14. The van der Waals surface area contributed by atoms with E-state index in [4.69, 9.17) is 14.7 Å². The number of anilines is 1. The van der Waals surface area contributed by atoms with Gasteiger partial charge in [-0.05, 0) is 45.0 Å². The van der Waals surface area contributed by atoms with Crippen LogP contribution in [-0.4, -0.2) is 42.8 Å². The van der Waals surface area contributed by atoms with Crippen molar-refractivity contribution in [2.75, 3.05) is 37.7 Å². The largest absolute Gasteiger partial charge is 0.494 e. The summed E-state index contributed by atoms with van der Waals surface area (Å²) in [5.74, 6) is 1.72. The average molecular weight is 286 g/mol. The third kappa shape index (κ3) is 3.08. The standard InChI is InChI=1S/C16H22N4O/c1-3-21-13-5-6-15-14(11-13)12(2)18-16(19-15)20-9-4-7-17-8-10-20/h5-6,11,17H,3-4,7-10H2,1-2H3. The van der Waals surface area contributed by atoms with Gasteiger partial charge in [-0.1, -0.05) is 0 Å². The zero-order valence-electron chi connectivity index (χ0n) is 12.7. The minimum Gasteiger partial charge on any atom is -0.494 e. The van der Waals surface area contributed by atoms with Crippen molar-refractivity contribution in [1.82, 2.24) is 15.3 Å². The molecule has 21 heavy (non-hydrogen) atoms. The van der Waals surface area contributed by atoms with Gasteiger partial charge in [0.25, 0.3) is 0 Å². The van der Waals surface area contributed by atoms with Gasteiger partial charge in [0.05, 0.1) is 17.8 Å². The maximum atomic E-state index is 5.56. The summed E-state index contributed by atoms with van der Waals surface area (Å²) >= 11 is 0. The molecule has 1 N–H and O–H groups in total. The Hall–Kier alpha value is -1.88. The number of nitrogens with one attached hydrogen (secondary N) is 1. The van der Waals surface area contributed by atoms with E-state index < -0.39 is 0 Å². The molecule has 0 radical (unpaired) electrons. The first-order valence-corrected chi connectivity index (χ1v) is 7.65. The molecule has 2 aromatic rings. The Morgan fingerprint density at radius 1 is 1.24 bits per heavy atom. The van der Waals surface area contributed by atoms with E-state index in [9.17, 15) is 0 Å². The lowest BCUT2D eigenvalue weighted by atomic mass is 10.2. The van der Waals surface area contributed by atoms with Crippen LogP contribution >= 0.6 is 0 Å². The summed E-state index contributed by atoms with van der Waals surface area (Å²) in [6.07, 6.45) is 1.13. The fourth-order valence-corrected chi connectivity index (χ4v) is 2.69. The van der Waals surface area contributed by atoms with Crippen LogP contribution < -0.4 is 15.0 Å². The fraction of sp³-hybridized carbons (Fsp3) is 0.500. The Morgan fingerprint density at radius 2 is 2.14 bits per heavy atom. The smallest absolute Gasteiger partial charge is 0.226 e. The van der Waals surface area contributed by atoms with Crippen LogP contribution in [-0.2, 0) is 0 Å². The van der Waals surface area contributed by atoms with E-state index in [2.05, 4.69) is 10.2 Å². The van der Waals surface area contributed by atoms with Crippen LogP contribution in [0.5, 0.6) is 5.75 Å². The van der Waals surface area contributed by atoms with E-state index in [1.165, 1.54) is 0 Å². The predicted molar refractivity (Wildman–Crippen MR) is 85.1 cm³/mol. The topological polar surface area (TPSA) is 50.3 Å². The molecule has 0 saturated carbocycles. The quantitative estimate of drug-likeness (QED) is 0.937. The van der Waals surface area contributed by atoms with Crippen molar-refractivity contribution >= 4 is 16.9 Å². The SMILES string of the molecule is CCOc1ccc2nc(N3CCCNCC3)nc(C)c2c1. The highest BCUT2D eigenvalue weighted by molar-refractivity contribution is 5.83. The van der Waals surface area contributed by atoms with Crippen molar-refractivity contribution in [3.63, 3.8) is 0 Å². The van der Waals surface area contributed by atoms with Gasteiger partial charge < -0.3 is 15.0 Å². The minimum absolute atomic E-state index is 0.671. The number of nitrogens with zero attached hydrogens (tertiary/aromatic N) is 3. The van der Waals surface area contributed by atoms with Crippen LogP contribution in [0.1, 0.15) is 19.0 Å². The van der Waals surface area contributed by atoms with Crippen molar-refractivity contribution in [3.05, 3.63) is 23.9 Å². The molecule has 0 unspecified atom stereocenters. The van der Waals surface area contributed by atoms with Gasteiger partial charge in [-0.3, -0.25) is 0 Å². The molecule has 112 valence electrons. The summed E-state index contributed by atoms with van der Waals surface area (Å²) in [4.78, 5) is 11.7. The van der Waals surface area contributed by atoms with E-state index >= 15 is 0 Å².